The minimum Gasteiger partial charge on any atom is -0.475 e. The molecule has 1 unspecified atom stereocenters. The number of aliphatic carboxylic acids is 1. The number of carbonyl (C=O) groups excluding carboxylic acids is 1. The van der Waals surface area contributed by atoms with E-state index in [0.717, 1.165) is 5.56 Å². The summed E-state index contributed by atoms with van der Waals surface area (Å²) >= 11 is 0. The zero-order valence-corrected chi connectivity index (χ0v) is 8.86. The third-order valence-electron chi connectivity index (χ3n) is 2.81. The van der Waals surface area contributed by atoms with Crippen LogP contribution in [0.4, 0.5) is 0 Å². The molecule has 0 radical (unpaired) electrons. The lowest BCUT2D eigenvalue weighted by Gasteiger charge is -2.24. The first-order chi connectivity index (χ1) is 7.02. The lowest BCUT2D eigenvalue weighted by Crippen LogP contribution is -2.37. The molecule has 0 aliphatic rings. The molecule has 1 N–H and O–H groups in total. The molecular weight excluding hydrogens is 192 g/mol. The summed E-state index contributed by atoms with van der Waals surface area (Å²) in [5.74, 6) is -2.13. The Labute approximate surface area is 88.7 Å². The predicted octanol–water partition coefficient (Wildman–Crippen LogP) is 2.01. The lowest BCUT2D eigenvalue weighted by atomic mass is 9.76. The van der Waals surface area contributed by atoms with Crippen LogP contribution in [-0.4, -0.2) is 16.9 Å². The molecule has 1 aromatic carbocycles. The van der Waals surface area contributed by atoms with Gasteiger partial charge in [-0.2, -0.15) is 0 Å². The Hall–Kier alpha value is -1.64. The Morgan fingerprint density at radius 2 is 1.80 bits per heavy atom. The van der Waals surface area contributed by atoms with Crippen LogP contribution in [0.15, 0.2) is 30.3 Å². The summed E-state index contributed by atoms with van der Waals surface area (Å²) < 4.78 is 0. The molecule has 0 saturated carbocycles. The third kappa shape index (κ3) is 2.06. The lowest BCUT2D eigenvalue weighted by molar-refractivity contribution is -0.151. The molecule has 0 spiro atoms. The number of carboxylic acid groups (broad SMARTS) is 1. The summed E-state index contributed by atoms with van der Waals surface area (Å²) in [7, 11) is 0. The summed E-state index contributed by atoms with van der Waals surface area (Å²) in [4.78, 5) is 22.3. The van der Waals surface area contributed by atoms with Crippen molar-refractivity contribution < 1.29 is 14.7 Å². The smallest absolute Gasteiger partial charge is 0.373 e. The molecule has 1 atom stereocenters. The molecule has 0 fully saturated rings. The minimum absolute atomic E-state index is 0.474. The van der Waals surface area contributed by atoms with Gasteiger partial charge < -0.3 is 5.11 Å². The van der Waals surface area contributed by atoms with Crippen LogP contribution in [-0.2, 0) is 15.0 Å². The molecule has 1 rings (SSSR count). The molecule has 1 aromatic rings. The molecule has 15 heavy (non-hydrogen) atoms. The Kier molecular flexibility index (Phi) is 3.24. The molecule has 0 aromatic heterocycles. The topological polar surface area (TPSA) is 54.4 Å². The highest BCUT2D eigenvalue weighted by Crippen LogP contribution is 2.28. The van der Waals surface area contributed by atoms with Gasteiger partial charge in [0.1, 0.15) is 0 Å². The second kappa shape index (κ2) is 4.26. The predicted molar refractivity (Wildman–Crippen MR) is 56.7 cm³/mol. The van der Waals surface area contributed by atoms with Crippen LogP contribution in [0.5, 0.6) is 0 Å². The molecule has 0 bridgehead atoms. The molecule has 0 aliphatic carbocycles. The average molecular weight is 206 g/mol. The van der Waals surface area contributed by atoms with E-state index in [1.165, 1.54) is 0 Å². The van der Waals surface area contributed by atoms with Gasteiger partial charge in [0.15, 0.2) is 0 Å². The zero-order chi connectivity index (χ0) is 11.5. The molecule has 0 heterocycles. The van der Waals surface area contributed by atoms with E-state index in [4.69, 9.17) is 5.11 Å². The van der Waals surface area contributed by atoms with E-state index in [9.17, 15) is 9.59 Å². The van der Waals surface area contributed by atoms with Crippen molar-refractivity contribution in [2.45, 2.75) is 25.7 Å². The van der Waals surface area contributed by atoms with Crippen molar-refractivity contribution in [3.8, 4) is 0 Å². The molecule has 3 heteroatoms. The number of carboxylic acids is 1. The number of ketones is 1. The average Bonchev–Trinajstić information content (AvgIpc) is 2.28. The van der Waals surface area contributed by atoms with Gasteiger partial charge >= 0.3 is 5.97 Å². The first kappa shape index (κ1) is 11.4. The van der Waals surface area contributed by atoms with Crippen LogP contribution in [0, 0.1) is 0 Å². The van der Waals surface area contributed by atoms with Crippen molar-refractivity contribution in [3.63, 3.8) is 0 Å². The van der Waals surface area contributed by atoms with Crippen molar-refractivity contribution in [1.82, 2.24) is 0 Å². The van der Waals surface area contributed by atoms with Gasteiger partial charge in [0.25, 0.3) is 0 Å². The molecule has 80 valence electrons. The maximum Gasteiger partial charge on any atom is 0.373 e. The first-order valence-electron chi connectivity index (χ1n) is 4.85. The second-order valence-corrected chi connectivity index (χ2v) is 3.69. The zero-order valence-electron chi connectivity index (χ0n) is 8.86. The normalized spacial score (nSPS) is 14.3. The second-order valence-electron chi connectivity index (χ2n) is 3.69. The van der Waals surface area contributed by atoms with Gasteiger partial charge in [-0.3, -0.25) is 4.79 Å². The van der Waals surface area contributed by atoms with Gasteiger partial charge in [0.2, 0.25) is 5.78 Å². The molecule has 3 nitrogen and oxygen atoms in total. The highest BCUT2D eigenvalue weighted by Gasteiger charge is 2.37. The van der Waals surface area contributed by atoms with Crippen LogP contribution in [0.25, 0.3) is 0 Å². The van der Waals surface area contributed by atoms with Crippen molar-refractivity contribution in [2.24, 2.45) is 0 Å². The Bertz CT molecular complexity index is 370. The van der Waals surface area contributed by atoms with Crippen LogP contribution >= 0.6 is 0 Å². The van der Waals surface area contributed by atoms with E-state index >= 15 is 0 Å². The van der Waals surface area contributed by atoms with E-state index in [1.807, 2.05) is 13.0 Å². The highest BCUT2D eigenvalue weighted by molar-refractivity contribution is 6.36. The number of hydrogen-bond donors (Lipinski definition) is 1. The largest absolute Gasteiger partial charge is 0.475 e. The number of rotatable bonds is 4. The molecule has 0 aliphatic heterocycles. The summed E-state index contributed by atoms with van der Waals surface area (Å²) in [6.45, 7) is 3.48. The van der Waals surface area contributed by atoms with Crippen molar-refractivity contribution in [3.05, 3.63) is 35.9 Å². The van der Waals surface area contributed by atoms with Gasteiger partial charge in [0, 0.05) is 0 Å². The van der Waals surface area contributed by atoms with Crippen molar-refractivity contribution in [2.75, 3.05) is 0 Å². The fourth-order valence-electron chi connectivity index (χ4n) is 1.54. The Morgan fingerprint density at radius 1 is 1.27 bits per heavy atom. The van der Waals surface area contributed by atoms with E-state index in [0.29, 0.717) is 6.42 Å². The van der Waals surface area contributed by atoms with Crippen LogP contribution in [0.3, 0.4) is 0 Å². The van der Waals surface area contributed by atoms with E-state index < -0.39 is 17.2 Å². The summed E-state index contributed by atoms with van der Waals surface area (Å²) in [6, 6.07) is 9.01. The van der Waals surface area contributed by atoms with Gasteiger partial charge in [-0.1, -0.05) is 37.3 Å². The Balaban J connectivity index is 3.17. The van der Waals surface area contributed by atoms with E-state index in [-0.39, 0.29) is 0 Å². The summed E-state index contributed by atoms with van der Waals surface area (Å²) in [6.07, 6.45) is 0.474. The fourth-order valence-corrected chi connectivity index (χ4v) is 1.54. The quantitative estimate of drug-likeness (QED) is 0.766. The maximum atomic E-state index is 11.6. The minimum atomic E-state index is -1.37. The van der Waals surface area contributed by atoms with Gasteiger partial charge in [0.05, 0.1) is 5.41 Å². The summed E-state index contributed by atoms with van der Waals surface area (Å²) in [5.41, 5.74) is -0.174. The van der Waals surface area contributed by atoms with Crippen LogP contribution in [0.1, 0.15) is 25.8 Å². The number of Topliss-reactive ketones (excluding diaryl/α,β-unsaturated/α-hetero) is 1. The monoisotopic (exact) mass is 206 g/mol. The SMILES string of the molecule is CCC(C)(C(=O)C(=O)O)c1ccccc1. The number of hydrogen-bond acceptors (Lipinski definition) is 2. The fraction of sp³-hybridized carbons (Fsp3) is 0.333. The van der Waals surface area contributed by atoms with Crippen LogP contribution in [0.2, 0.25) is 0 Å². The molecule has 0 amide bonds. The molecular formula is C12H14O3. The van der Waals surface area contributed by atoms with Crippen LogP contribution < -0.4 is 0 Å². The van der Waals surface area contributed by atoms with Gasteiger partial charge in [-0.15, -0.1) is 0 Å². The highest BCUT2D eigenvalue weighted by atomic mass is 16.4. The maximum absolute atomic E-state index is 11.6. The number of benzene rings is 1. The standard InChI is InChI=1S/C12H14O3/c1-3-12(2,10(13)11(14)15)9-7-5-4-6-8-9/h4-8H,3H2,1-2H3,(H,14,15). The van der Waals surface area contributed by atoms with Crippen molar-refractivity contribution >= 4 is 11.8 Å². The third-order valence-corrected chi connectivity index (χ3v) is 2.81. The van der Waals surface area contributed by atoms with E-state index in [1.54, 1.807) is 31.2 Å². The number of carbonyl (C=O) groups is 2. The Morgan fingerprint density at radius 3 is 2.20 bits per heavy atom. The van der Waals surface area contributed by atoms with Crippen molar-refractivity contribution in [1.29, 1.82) is 0 Å². The van der Waals surface area contributed by atoms with E-state index in [2.05, 4.69) is 0 Å². The first-order valence-corrected chi connectivity index (χ1v) is 4.85. The van der Waals surface area contributed by atoms with Gasteiger partial charge in [-0.05, 0) is 18.9 Å². The summed E-state index contributed by atoms with van der Waals surface area (Å²) in [5, 5.41) is 8.76. The van der Waals surface area contributed by atoms with Gasteiger partial charge in [-0.25, -0.2) is 4.79 Å². The molecule has 0 saturated heterocycles.